The number of rotatable bonds is 7. The number of hydrogen-bond donors (Lipinski definition) is 1. The van der Waals surface area contributed by atoms with Gasteiger partial charge in [0.2, 0.25) is 5.91 Å². The van der Waals surface area contributed by atoms with E-state index in [0.717, 1.165) is 36.5 Å². The maximum absolute atomic E-state index is 12.0. The summed E-state index contributed by atoms with van der Waals surface area (Å²) in [7, 11) is 0. The van der Waals surface area contributed by atoms with Gasteiger partial charge < -0.3 is 10.2 Å². The second kappa shape index (κ2) is 7.46. The summed E-state index contributed by atoms with van der Waals surface area (Å²) in [5, 5.41) is 4.02. The average Bonchev–Trinajstić information content (AvgIpc) is 2.79. The number of likely N-dealkylation sites (tertiary alicyclic amines) is 1. The molecule has 1 heterocycles. The number of benzene rings is 1. The van der Waals surface area contributed by atoms with Crippen molar-refractivity contribution in [3.8, 4) is 0 Å². The summed E-state index contributed by atoms with van der Waals surface area (Å²) in [5.74, 6) is 0.235. The molecule has 1 amide bonds. The summed E-state index contributed by atoms with van der Waals surface area (Å²) in [6.45, 7) is 6.01. The van der Waals surface area contributed by atoms with Gasteiger partial charge in [0.05, 0.1) is 0 Å². The Morgan fingerprint density at radius 1 is 1.45 bits per heavy atom. The molecule has 1 aliphatic heterocycles. The van der Waals surface area contributed by atoms with Crippen molar-refractivity contribution in [2.45, 2.75) is 31.8 Å². The van der Waals surface area contributed by atoms with E-state index in [2.05, 4.69) is 11.9 Å². The Morgan fingerprint density at radius 2 is 2.25 bits per heavy atom. The Morgan fingerprint density at radius 3 is 3.00 bits per heavy atom. The predicted molar refractivity (Wildman–Crippen MR) is 82.7 cm³/mol. The Balaban J connectivity index is 1.94. The van der Waals surface area contributed by atoms with Gasteiger partial charge >= 0.3 is 0 Å². The fourth-order valence-electron chi connectivity index (χ4n) is 2.59. The molecule has 0 bridgehead atoms. The van der Waals surface area contributed by atoms with Gasteiger partial charge in [0.15, 0.2) is 0 Å². The van der Waals surface area contributed by atoms with Crippen LogP contribution in [-0.2, 0) is 11.3 Å². The van der Waals surface area contributed by atoms with Gasteiger partial charge in [-0.25, -0.2) is 0 Å². The van der Waals surface area contributed by atoms with Crippen molar-refractivity contribution in [1.29, 1.82) is 0 Å². The first-order valence-electron chi connectivity index (χ1n) is 7.07. The van der Waals surface area contributed by atoms with Crippen LogP contribution in [0.5, 0.6) is 0 Å². The quantitative estimate of drug-likeness (QED) is 0.619. The predicted octanol–water partition coefficient (Wildman–Crippen LogP) is 3.00. The summed E-state index contributed by atoms with van der Waals surface area (Å²) < 4.78 is 0. The molecular formula is C16H21ClN2O. The van der Waals surface area contributed by atoms with E-state index in [1.165, 1.54) is 0 Å². The van der Waals surface area contributed by atoms with Gasteiger partial charge in [0.25, 0.3) is 0 Å². The number of carbonyl (C=O) groups excluding carboxylic acids is 1. The fourth-order valence-corrected chi connectivity index (χ4v) is 2.79. The number of nitrogens with one attached hydrogen (secondary N) is 1. The number of hydrogen-bond acceptors (Lipinski definition) is 2. The first-order valence-corrected chi connectivity index (χ1v) is 7.44. The minimum atomic E-state index is 0.235. The van der Waals surface area contributed by atoms with Crippen molar-refractivity contribution in [2.24, 2.45) is 0 Å². The van der Waals surface area contributed by atoms with Gasteiger partial charge in [-0.15, -0.1) is 6.58 Å². The highest BCUT2D eigenvalue weighted by Gasteiger charge is 2.30. The third-order valence-corrected chi connectivity index (χ3v) is 4.06. The van der Waals surface area contributed by atoms with E-state index in [4.69, 9.17) is 11.6 Å². The largest absolute Gasteiger partial charge is 0.335 e. The van der Waals surface area contributed by atoms with Gasteiger partial charge in [-0.3, -0.25) is 4.79 Å². The normalized spacial score (nSPS) is 18.6. The maximum atomic E-state index is 12.0. The molecule has 1 atom stereocenters. The minimum Gasteiger partial charge on any atom is -0.335 e. The summed E-state index contributed by atoms with van der Waals surface area (Å²) in [6, 6.07) is 8.05. The lowest BCUT2D eigenvalue weighted by molar-refractivity contribution is -0.129. The van der Waals surface area contributed by atoms with Gasteiger partial charge in [0, 0.05) is 30.6 Å². The summed E-state index contributed by atoms with van der Waals surface area (Å²) in [6.07, 6.45) is 4.42. The average molecular weight is 293 g/mol. The van der Waals surface area contributed by atoms with Crippen molar-refractivity contribution in [3.63, 3.8) is 0 Å². The van der Waals surface area contributed by atoms with E-state index in [-0.39, 0.29) is 5.91 Å². The Hall–Kier alpha value is -1.32. The molecule has 0 aliphatic carbocycles. The number of carbonyl (C=O) groups is 1. The summed E-state index contributed by atoms with van der Waals surface area (Å²) >= 11 is 6.18. The van der Waals surface area contributed by atoms with Gasteiger partial charge in [-0.1, -0.05) is 35.9 Å². The zero-order valence-corrected chi connectivity index (χ0v) is 12.4. The third-order valence-electron chi connectivity index (χ3n) is 3.69. The van der Waals surface area contributed by atoms with Gasteiger partial charge in [-0.2, -0.15) is 0 Å². The van der Waals surface area contributed by atoms with Crippen LogP contribution in [0.2, 0.25) is 5.02 Å². The highest BCUT2D eigenvalue weighted by atomic mass is 35.5. The van der Waals surface area contributed by atoms with Crippen LogP contribution in [-0.4, -0.2) is 29.9 Å². The highest BCUT2D eigenvalue weighted by molar-refractivity contribution is 6.31. The second-order valence-corrected chi connectivity index (χ2v) is 5.49. The zero-order chi connectivity index (χ0) is 14.4. The summed E-state index contributed by atoms with van der Waals surface area (Å²) in [4.78, 5) is 14.0. The molecule has 0 aromatic heterocycles. The van der Waals surface area contributed by atoms with E-state index in [9.17, 15) is 4.79 Å². The minimum absolute atomic E-state index is 0.235. The Kier molecular flexibility index (Phi) is 5.62. The van der Waals surface area contributed by atoms with Gasteiger partial charge in [0.1, 0.15) is 0 Å². The lowest BCUT2D eigenvalue weighted by Crippen LogP contribution is -2.34. The molecule has 0 spiro atoms. The molecule has 1 saturated heterocycles. The Bertz CT molecular complexity index is 475. The van der Waals surface area contributed by atoms with Crippen molar-refractivity contribution in [2.75, 3.05) is 13.1 Å². The number of amides is 1. The van der Waals surface area contributed by atoms with Crippen LogP contribution in [0, 0.1) is 0 Å². The SMILES string of the molecule is C=CCNCC[C@@H]1CCC(=O)N1Cc1ccccc1Cl. The van der Waals surface area contributed by atoms with Gasteiger partial charge in [-0.05, 0) is 31.0 Å². The summed E-state index contributed by atoms with van der Waals surface area (Å²) in [5.41, 5.74) is 1.02. The van der Waals surface area contributed by atoms with Crippen LogP contribution in [0.15, 0.2) is 36.9 Å². The molecule has 108 valence electrons. The van der Waals surface area contributed by atoms with E-state index in [1.54, 1.807) is 0 Å². The lowest BCUT2D eigenvalue weighted by atomic mass is 10.1. The van der Waals surface area contributed by atoms with E-state index in [0.29, 0.717) is 19.0 Å². The zero-order valence-electron chi connectivity index (χ0n) is 11.6. The highest BCUT2D eigenvalue weighted by Crippen LogP contribution is 2.26. The molecule has 20 heavy (non-hydrogen) atoms. The maximum Gasteiger partial charge on any atom is 0.223 e. The molecule has 3 nitrogen and oxygen atoms in total. The van der Waals surface area contributed by atoms with Crippen LogP contribution in [0.1, 0.15) is 24.8 Å². The molecule has 0 radical (unpaired) electrons. The molecule has 0 unspecified atom stereocenters. The number of halogens is 1. The molecule has 2 rings (SSSR count). The molecule has 1 aromatic rings. The number of nitrogens with zero attached hydrogens (tertiary/aromatic N) is 1. The third kappa shape index (κ3) is 3.84. The monoisotopic (exact) mass is 292 g/mol. The van der Waals surface area contributed by atoms with Crippen LogP contribution in [0.25, 0.3) is 0 Å². The van der Waals surface area contributed by atoms with Crippen molar-refractivity contribution < 1.29 is 4.79 Å². The standard InChI is InChI=1S/C16H21ClN2O/c1-2-10-18-11-9-14-7-8-16(20)19(14)12-13-5-3-4-6-15(13)17/h2-6,14,18H,1,7-12H2/t14-/m0/s1. The molecule has 1 N–H and O–H groups in total. The first kappa shape index (κ1) is 15.1. The molecule has 1 aromatic carbocycles. The topological polar surface area (TPSA) is 32.3 Å². The lowest BCUT2D eigenvalue weighted by Gasteiger charge is -2.25. The van der Waals surface area contributed by atoms with E-state index in [1.807, 2.05) is 35.2 Å². The van der Waals surface area contributed by atoms with Crippen molar-refractivity contribution in [3.05, 3.63) is 47.5 Å². The van der Waals surface area contributed by atoms with E-state index >= 15 is 0 Å². The van der Waals surface area contributed by atoms with Crippen LogP contribution in [0.3, 0.4) is 0 Å². The molecule has 0 saturated carbocycles. The molecule has 4 heteroatoms. The Labute approximate surface area is 125 Å². The first-order chi connectivity index (χ1) is 9.72. The molecule has 1 aliphatic rings. The smallest absolute Gasteiger partial charge is 0.223 e. The molecular weight excluding hydrogens is 272 g/mol. The van der Waals surface area contributed by atoms with Crippen LogP contribution in [0.4, 0.5) is 0 Å². The van der Waals surface area contributed by atoms with Crippen molar-refractivity contribution in [1.82, 2.24) is 10.2 Å². The van der Waals surface area contributed by atoms with Crippen LogP contribution < -0.4 is 5.32 Å². The fraction of sp³-hybridized carbons (Fsp3) is 0.438. The molecule has 1 fully saturated rings. The van der Waals surface area contributed by atoms with E-state index < -0.39 is 0 Å². The van der Waals surface area contributed by atoms with Crippen LogP contribution >= 0.6 is 11.6 Å². The van der Waals surface area contributed by atoms with Crippen molar-refractivity contribution >= 4 is 17.5 Å². The second-order valence-electron chi connectivity index (χ2n) is 5.09.